The molecule has 1 amide bonds. The minimum absolute atomic E-state index is 0.0980. The summed E-state index contributed by atoms with van der Waals surface area (Å²) >= 11 is 0. The summed E-state index contributed by atoms with van der Waals surface area (Å²) in [5, 5.41) is 0. The molecule has 0 unspecified atom stereocenters. The van der Waals surface area contributed by atoms with E-state index < -0.39 is 0 Å². The molecule has 0 aliphatic carbocycles. The number of amides is 1. The minimum atomic E-state index is 0.0980. The van der Waals surface area contributed by atoms with Crippen LogP contribution in [0.4, 0.5) is 0 Å². The van der Waals surface area contributed by atoms with Crippen LogP contribution < -0.4 is 0 Å². The summed E-state index contributed by atoms with van der Waals surface area (Å²) in [6.45, 7) is 6.31. The van der Waals surface area contributed by atoms with Crippen molar-refractivity contribution in [1.29, 1.82) is 0 Å². The molecule has 0 bridgehead atoms. The van der Waals surface area contributed by atoms with Crippen molar-refractivity contribution >= 4 is 16.9 Å². The second-order valence-electron chi connectivity index (χ2n) is 6.95. The fraction of sp³-hybridized carbons (Fsp3) is 0.400. The second-order valence-corrected chi connectivity index (χ2v) is 6.95. The lowest BCUT2D eigenvalue weighted by Crippen LogP contribution is -2.39. The molecular formula is C20H23N3O2. The molecule has 1 aromatic carbocycles. The molecule has 130 valence electrons. The fourth-order valence-corrected chi connectivity index (χ4v) is 3.77. The zero-order valence-electron chi connectivity index (χ0n) is 14.7. The first kappa shape index (κ1) is 15.9. The van der Waals surface area contributed by atoms with Gasteiger partial charge in [-0.3, -0.25) is 4.79 Å². The van der Waals surface area contributed by atoms with Gasteiger partial charge in [0.05, 0.1) is 22.9 Å². The maximum atomic E-state index is 12.7. The molecule has 0 atom stereocenters. The molecule has 3 aromatic rings. The van der Waals surface area contributed by atoms with Crippen LogP contribution in [0.15, 0.2) is 41.1 Å². The van der Waals surface area contributed by atoms with Crippen LogP contribution in [0.25, 0.3) is 11.0 Å². The Morgan fingerprint density at radius 3 is 2.72 bits per heavy atom. The van der Waals surface area contributed by atoms with Crippen molar-refractivity contribution in [3.63, 3.8) is 0 Å². The van der Waals surface area contributed by atoms with Gasteiger partial charge in [0.25, 0.3) is 5.91 Å². The van der Waals surface area contributed by atoms with Crippen LogP contribution in [0, 0.1) is 19.8 Å². The molecule has 5 heteroatoms. The van der Waals surface area contributed by atoms with Crippen molar-refractivity contribution in [2.24, 2.45) is 5.92 Å². The highest BCUT2D eigenvalue weighted by atomic mass is 16.3. The molecule has 1 aliphatic rings. The van der Waals surface area contributed by atoms with E-state index in [4.69, 9.17) is 4.42 Å². The lowest BCUT2D eigenvalue weighted by atomic mass is 9.96. The summed E-state index contributed by atoms with van der Waals surface area (Å²) in [6, 6.07) is 10.1. The van der Waals surface area contributed by atoms with Gasteiger partial charge in [-0.15, -0.1) is 0 Å². The average Bonchev–Trinajstić information content (AvgIpc) is 3.18. The predicted molar refractivity (Wildman–Crippen MR) is 96.5 cm³/mol. The maximum Gasteiger partial charge on any atom is 0.257 e. The van der Waals surface area contributed by atoms with E-state index in [9.17, 15) is 4.79 Å². The Bertz CT molecular complexity index is 901. The van der Waals surface area contributed by atoms with Gasteiger partial charge in [0.1, 0.15) is 11.5 Å². The molecule has 5 nitrogen and oxygen atoms in total. The first-order valence-corrected chi connectivity index (χ1v) is 8.88. The highest BCUT2D eigenvalue weighted by Crippen LogP contribution is 2.24. The molecule has 0 saturated carbocycles. The van der Waals surface area contributed by atoms with Gasteiger partial charge in [0.2, 0.25) is 0 Å². The number of imidazole rings is 1. The summed E-state index contributed by atoms with van der Waals surface area (Å²) in [7, 11) is 0. The van der Waals surface area contributed by atoms with E-state index in [2.05, 4.69) is 21.7 Å². The number of piperidine rings is 1. The number of carbonyl (C=O) groups is 1. The van der Waals surface area contributed by atoms with Crippen molar-refractivity contribution in [2.75, 3.05) is 13.1 Å². The van der Waals surface area contributed by atoms with E-state index in [1.54, 1.807) is 0 Å². The van der Waals surface area contributed by atoms with Crippen LogP contribution in [0.2, 0.25) is 0 Å². The van der Waals surface area contributed by atoms with Gasteiger partial charge >= 0.3 is 0 Å². The van der Waals surface area contributed by atoms with Crippen LogP contribution in [0.3, 0.4) is 0 Å². The molecule has 4 rings (SSSR count). The van der Waals surface area contributed by atoms with Crippen LogP contribution in [0.1, 0.15) is 34.7 Å². The van der Waals surface area contributed by atoms with Crippen molar-refractivity contribution in [3.8, 4) is 0 Å². The Labute approximate surface area is 147 Å². The van der Waals surface area contributed by atoms with Crippen LogP contribution >= 0.6 is 0 Å². The Morgan fingerprint density at radius 1 is 1.24 bits per heavy atom. The summed E-state index contributed by atoms with van der Waals surface area (Å²) in [6.07, 6.45) is 3.97. The third-order valence-corrected chi connectivity index (χ3v) is 5.16. The molecule has 0 spiro atoms. The Kier molecular flexibility index (Phi) is 4.07. The number of benzene rings is 1. The number of rotatable bonds is 3. The number of para-hydroxylation sites is 2. The number of furan rings is 1. The Morgan fingerprint density at radius 2 is 2.00 bits per heavy atom. The summed E-state index contributed by atoms with van der Waals surface area (Å²) in [5.74, 6) is 2.19. The van der Waals surface area contributed by atoms with Gasteiger partial charge in [0.15, 0.2) is 0 Å². The van der Waals surface area contributed by atoms with Crippen molar-refractivity contribution < 1.29 is 9.21 Å². The van der Waals surface area contributed by atoms with Crippen LogP contribution in [0.5, 0.6) is 0 Å². The number of likely N-dealkylation sites (tertiary alicyclic amines) is 1. The van der Waals surface area contributed by atoms with Gasteiger partial charge in [0, 0.05) is 19.6 Å². The van der Waals surface area contributed by atoms with Crippen LogP contribution in [-0.4, -0.2) is 33.4 Å². The standard InChI is InChI=1S/C20H23N3O2/c1-14-11-17(15(2)25-14)20(24)22-9-7-16(8-10-22)12-23-13-21-18-5-3-4-6-19(18)23/h3-6,11,13,16H,7-10,12H2,1-2H3. The first-order valence-electron chi connectivity index (χ1n) is 8.88. The average molecular weight is 337 g/mol. The zero-order valence-corrected chi connectivity index (χ0v) is 14.7. The van der Waals surface area contributed by atoms with E-state index in [0.717, 1.165) is 49.5 Å². The Hall–Kier alpha value is -2.56. The number of hydrogen-bond acceptors (Lipinski definition) is 3. The van der Waals surface area contributed by atoms with Crippen LogP contribution in [-0.2, 0) is 6.54 Å². The largest absolute Gasteiger partial charge is 0.466 e. The third kappa shape index (κ3) is 3.06. The molecular weight excluding hydrogens is 314 g/mol. The second kappa shape index (κ2) is 6.39. The van der Waals surface area contributed by atoms with E-state index in [1.165, 1.54) is 5.52 Å². The summed E-state index contributed by atoms with van der Waals surface area (Å²) in [5.41, 5.74) is 2.93. The van der Waals surface area contributed by atoms with Gasteiger partial charge in [-0.25, -0.2) is 4.98 Å². The maximum absolute atomic E-state index is 12.7. The number of carbonyl (C=O) groups excluding carboxylic acids is 1. The summed E-state index contributed by atoms with van der Waals surface area (Å²) in [4.78, 5) is 19.1. The molecule has 1 aliphatic heterocycles. The normalized spacial score (nSPS) is 15.8. The van der Waals surface area contributed by atoms with Crippen molar-refractivity contribution in [2.45, 2.75) is 33.2 Å². The number of fused-ring (bicyclic) bond motifs is 1. The number of nitrogens with zero attached hydrogens (tertiary/aromatic N) is 3. The van der Waals surface area contributed by atoms with Gasteiger partial charge in [-0.05, 0) is 50.8 Å². The molecule has 25 heavy (non-hydrogen) atoms. The fourth-order valence-electron chi connectivity index (χ4n) is 3.77. The number of aromatic nitrogens is 2. The molecule has 0 radical (unpaired) electrons. The SMILES string of the molecule is Cc1cc(C(=O)N2CCC(Cn3cnc4ccccc43)CC2)c(C)o1. The monoisotopic (exact) mass is 337 g/mol. The van der Waals surface area contributed by atoms with Crippen molar-refractivity contribution in [1.82, 2.24) is 14.5 Å². The molecule has 1 fully saturated rings. The van der Waals surface area contributed by atoms with E-state index in [0.29, 0.717) is 11.5 Å². The van der Waals surface area contributed by atoms with E-state index in [-0.39, 0.29) is 5.91 Å². The molecule has 3 heterocycles. The van der Waals surface area contributed by atoms with Gasteiger partial charge < -0.3 is 13.9 Å². The van der Waals surface area contributed by atoms with Gasteiger partial charge in [-0.2, -0.15) is 0 Å². The minimum Gasteiger partial charge on any atom is -0.466 e. The molecule has 0 N–H and O–H groups in total. The number of hydrogen-bond donors (Lipinski definition) is 0. The zero-order chi connectivity index (χ0) is 17.4. The lowest BCUT2D eigenvalue weighted by molar-refractivity contribution is 0.0681. The summed E-state index contributed by atoms with van der Waals surface area (Å²) < 4.78 is 7.74. The molecule has 1 saturated heterocycles. The van der Waals surface area contributed by atoms with E-state index >= 15 is 0 Å². The molecule has 2 aromatic heterocycles. The Balaban J connectivity index is 1.40. The van der Waals surface area contributed by atoms with Gasteiger partial charge in [-0.1, -0.05) is 12.1 Å². The third-order valence-electron chi connectivity index (χ3n) is 5.16. The highest BCUT2D eigenvalue weighted by Gasteiger charge is 2.26. The number of aryl methyl sites for hydroxylation is 2. The van der Waals surface area contributed by atoms with Crippen molar-refractivity contribution in [3.05, 3.63) is 53.7 Å². The highest BCUT2D eigenvalue weighted by molar-refractivity contribution is 5.95. The lowest BCUT2D eigenvalue weighted by Gasteiger charge is -2.32. The van der Waals surface area contributed by atoms with E-state index in [1.807, 2.05) is 43.3 Å². The smallest absolute Gasteiger partial charge is 0.257 e. The predicted octanol–water partition coefficient (Wildman–Crippen LogP) is 3.80. The quantitative estimate of drug-likeness (QED) is 0.730. The first-order chi connectivity index (χ1) is 12.1. The topological polar surface area (TPSA) is 51.3 Å².